The van der Waals surface area contributed by atoms with Crippen LogP contribution in [0.1, 0.15) is 42.5 Å². The Hall–Kier alpha value is -2.52. The van der Waals surface area contributed by atoms with E-state index in [1.807, 2.05) is 0 Å². The predicted molar refractivity (Wildman–Crippen MR) is 95.4 cm³/mol. The summed E-state index contributed by atoms with van der Waals surface area (Å²) in [5.41, 5.74) is 2.92. The molecule has 1 unspecified atom stereocenters. The third-order valence-electron chi connectivity index (χ3n) is 5.12. The van der Waals surface area contributed by atoms with Crippen LogP contribution in [-0.4, -0.2) is 24.3 Å². The minimum atomic E-state index is -0.667. The highest BCUT2D eigenvalue weighted by Crippen LogP contribution is 2.38. The van der Waals surface area contributed by atoms with Gasteiger partial charge >= 0.3 is 0 Å². The molecule has 27 heavy (non-hydrogen) atoms. The number of benzene rings is 1. The predicted octanol–water partition coefficient (Wildman–Crippen LogP) is 4.34. The molecule has 2 aliphatic rings. The van der Waals surface area contributed by atoms with Crippen LogP contribution in [0.2, 0.25) is 0 Å². The van der Waals surface area contributed by atoms with Crippen molar-refractivity contribution < 1.29 is 18.3 Å². The molecule has 1 aliphatic heterocycles. The third kappa shape index (κ3) is 3.65. The molecular weight excluding hydrogens is 350 g/mol. The number of aromatic nitrogens is 1. The molecule has 6 heteroatoms. The molecule has 4 rings (SSSR count). The van der Waals surface area contributed by atoms with Gasteiger partial charge in [0.15, 0.2) is 0 Å². The summed E-state index contributed by atoms with van der Waals surface area (Å²) in [6, 6.07) is 5.55. The second-order valence-electron chi connectivity index (χ2n) is 7.03. The molecule has 1 saturated heterocycles. The lowest BCUT2D eigenvalue weighted by molar-refractivity contribution is 0.137. The normalized spacial score (nSPS) is 19.2. The maximum Gasteiger partial charge on any atom is 0.232 e. The number of nitriles is 1. The zero-order valence-electron chi connectivity index (χ0n) is 14.9. The van der Waals surface area contributed by atoms with Crippen molar-refractivity contribution in [1.29, 1.82) is 5.26 Å². The SMILES string of the molecule is N#Cc1c(OC2CCOC2)nc2c(c1-c1cc(F)cc(F)c1)CCCCC2. The first kappa shape index (κ1) is 17.9. The van der Waals surface area contributed by atoms with Crippen LogP contribution in [0, 0.1) is 23.0 Å². The van der Waals surface area contributed by atoms with Crippen molar-refractivity contribution in [3.63, 3.8) is 0 Å². The fourth-order valence-corrected chi connectivity index (χ4v) is 3.86. The Kier molecular flexibility index (Phi) is 5.04. The van der Waals surface area contributed by atoms with E-state index in [-0.39, 0.29) is 17.5 Å². The second-order valence-corrected chi connectivity index (χ2v) is 7.03. The van der Waals surface area contributed by atoms with Gasteiger partial charge in [-0.1, -0.05) is 6.42 Å². The second kappa shape index (κ2) is 7.61. The smallest absolute Gasteiger partial charge is 0.232 e. The van der Waals surface area contributed by atoms with Crippen LogP contribution >= 0.6 is 0 Å². The van der Waals surface area contributed by atoms with Crippen molar-refractivity contribution in [3.8, 4) is 23.1 Å². The molecule has 0 N–H and O–H groups in total. The first-order chi connectivity index (χ1) is 13.2. The number of rotatable bonds is 3. The fraction of sp³-hybridized carbons (Fsp3) is 0.429. The number of fused-ring (bicyclic) bond motifs is 1. The van der Waals surface area contributed by atoms with E-state index in [1.165, 1.54) is 12.1 Å². The summed E-state index contributed by atoms with van der Waals surface area (Å²) in [6.45, 7) is 1.06. The first-order valence-corrected chi connectivity index (χ1v) is 9.32. The van der Waals surface area contributed by atoms with Crippen LogP contribution in [0.15, 0.2) is 18.2 Å². The Morgan fingerprint density at radius 3 is 2.59 bits per heavy atom. The molecule has 1 fully saturated rings. The Morgan fingerprint density at radius 1 is 1.11 bits per heavy atom. The Labute approximate surface area is 156 Å². The van der Waals surface area contributed by atoms with E-state index in [0.717, 1.165) is 55.8 Å². The molecule has 2 heterocycles. The van der Waals surface area contributed by atoms with Gasteiger partial charge in [0.2, 0.25) is 5.88 Å². The molecule has 1 aliphatic carbocycles. The van der Waals surface area contributed by atoms with Crippen molar-refractivity contribution in [3.05, 3.63) is 46.7 Å². The van der Waals surface area contributed by atoms with Crippen LogP contribution in [0.3, 0.4) is 0 Å². The molecule has 140 valence electrons. The largest absolute Gasteiger partial charge is 0.471 e. The molecule has 0 saturated carbocycles. The summed E-state index contributed by atoms with van der Waals surface area (Å²) in [5.74, 6) is -1.09. The minimum absolute atomic E-state index is 0.162. The summed E-state index contributed by atoms with van der Waals surface area (Å²) < 4.78 is 39.1. The summed E-state index contributed by atoms with van der Waals surface area (Å²) >= 11 is 0. The molecule has 1 aromatic carbocycles. The highest BCUT2D eigenvalue weighted by Gasteiger charge is 2.26. The van der Waals surface area contributed by atoms with Gasteiger partial charge in [-0.15, -0.1) is 0 Å². The van der Waals surface area contributed by atoms with E-state index in [0.29, 0.717) is 24.3 Å². The van der Waals surface area contributed by atoms with Crippen molar-refractivity contribution in [2.45, 2.75) is 44.6 Å². The van der Waals surface area contributed by atoms with Gasteiger partial charge in [0.1, 0.15) is 29.4 Å². The number of aryl methyl sites for hydroxylation is 1. The van der Waals surface area contributed by atoms with Crippen molar-refractivity contribution in [1.82, 2.24) is 4.98 Å². The highest BCUT2D eigenvalue weighted by molar-refractivity contribution is 5.77. The summed E-state index contributed by atoms with van der Waals surface area (Å²) in [4.78, 5) is 4.65. The van der Waals surface area contributed by atoms with Crippen molar-refractivity contribution >= 4 is 0 Å². The number of hydrogen-bond donors (Lipinski definition) is 0. The quantitative estimate of drug-likeness (QED) is 0.755. The lowest BCUT2D eigenvalue weighted by Crippen LogP contribution is -2.18. The monoisotopic (exact) mass is 370 g/mol. The topological polar surface area (TPSA) is 55.1 Å². The van der Waals surface area contributed by atoms with Gasteiger partial charge in [0, 0.05) is 23.7 Å². The molecule has 2 aromatic rings. The van der Waals surface area contributed by atoms with Gasteiger partial charge in [-0.2, -0.15) is 5.26 Å². The van der Waals surface area contributed by atoms with Gasteiger partial charge in [-0.25, -0.2) is 13.8 Å². The molecule has 1 aromatic heterocycles. The molecule has 0 spiro atoms. The average Bonchev–Trinajstić information content (AvgIpc) is 3.03. The van der Waals surface area contributed by atoms with E-state index in [4.69, 9.17) is 9.47 Å². The standard InChI is InChI=1S/C21H20F2N2O2/c22-14-8-13(9-15(23)10-14)20-17-4-2-1-3-5-19(17)25-21(18(20)11-24)27-16-6-7-26-12-16/h8-10,16H,1-7,12H2. The maximum atomic E-state index is 13.9. The molecule has 0 bridgehead atoms. The summed E-state index contributed by atoms with van der Waals surface area (Å²) in [5, 5.41) is 9.86. The van der Waals surface area contributed by atoms with Crippen molar-refractivity contribution in [2.24, 2.45) is 0 Å². The van der Waals surface area contributed by atoms with E-state index >= 15 is 0 Å². The van der Waals surface area contributed by atoms with Gasteiger partial charge < -0.3 is 9.47 Å². The third-order valence-corrected chi connectivity index (χ3v) is 5.12. The van der Waals surface area contributed by atoms with Gasteiger partial charge in [0.05, 0.1) is 13.2 Å². The van der Waals surface area contributed by atoms with Crippen LogP contribution in [0.25, 0.3) is 11.1 Å². The molecule has 0 amide bonds. The number of nitrogens with zero attached hydrogens (tertiary/aromatic N) is 2. The zero-order valence-corrected chi connectivity index (χ0v) is 14.9. The summed E-state index contributed by atoms with van der Waals surface area (Å²) in [7, 11) is 0. The Bertz CT molecular complexity index is 882. The van der Waals surface area contributed by atoms with E-state index in [2.05, 4.69) is 11.1 Å². The molecule has 1 atom stereocenters. The number of pyridine rings is 1. The highest BCUT2D eigenvalue weighted by atomic mass is 19.1. The van der Waals surface area contributed by atoms with E-state index < -0.39 is 11.6 Å². The number of ether oxygens (including phenoxy) is 2. The summed E-state index contributed by atoms with van der Waals surface area (Å²) in [6.07, 6.45) is 5.08. The fourth-order valence-electron chi connectivity index (χ4n) is 3.86. The van der Waals surface area contributed by atoms with E-state index in [1.54, 1.807) is 0 Å². The van der Waals surface area contributed by atoms with Crippen LogP contribution in [-0.2, 0) is 17.6 Å². The first-order valence-electron chi connectivity index (χ1n) is 9.32. The lowest BCUT2D eigenvalue weighted by atomic mass is 9.92. The lowest BCUT2D eigenvalue weighted by Gasteiger charge is -2.19. The van der Waals surface area contributed by atoms with Crippen LogP contribution in [0.4, 0.5) is 8.78 Å². The Morgan fingerprint density at radius 2 is 1.89 bits per heavy atom. The molecular formula is C21H20F2N2O2. The van der Waals surface area contributed by atoms with Gasteiger partial charge in [0.25, 0.3) is 0 Å². The Balaban J connectivity index is 1.91. The van der Waals surface area contributed by atoms with Gasteiger partial charge in [-0.3, -0.25) is 0 Å². The molecule has 4 nitrogen and oxygen atoms in total. The van der Waals surface area contributed by atoms with Gasteiger partial charge in [-0.05, 0) is 48.9 Å². The number of hydrogen-bond acceptors (Lipinski definition) is 4. The minimum Gasteiger partial charge on any atom is -0.471 e. The zero-order chi connectivity index (χ0) is 18.8. The number of halogens is 2. The molecule has 0 radical (unpaired) electrons. The van der Waals surface area contributed by atoms with Crippen LogP contribution in [0.5, 0.6) is 5.88 Å². The maximum absolute atomic E-state index is 13.9. The van der Waals surface area contributed by atoms with Crippen molar-refractivity contribution in [2.75, 3.05) is 13.2 Å². The average molecular weight is 370 g/mol. The van der Waals surface area contributed by atoms with E-state index in [9.17, 15) is 14.0 Å². The van der Waals surface area contributed by atoms with Crippen LogP contribution < -0.4 is 4.74 Å².